The molecule has 7 heteroatoms. The van der Waals surface area contributed by atoms with E-state index in [1.807, 2.05) is 0 Å². The van der Waals surface area contributed by atoms with Crippen molar-refractivity contribution in [2.45, 2.75) is 0 Å². The second-order valence-corrected chi connectivity index (χ2v) is 5.16. The Bertz CT molecular complexity index is 701. The molecule has 2 rings (SSSR count). The van der Waals surface area contributed by atoms with Crippen LogP contribution < -0.4 is 4.90 Å². The van der Waals surface area contributed by atoms with E-state index in [4.69, 9.17) is 0 Å². The molecule has 2 aromatic carbocycles. The first-order chi connectivity index (χ1) is 9.90. The van der Waals surface area contributed by atoms with Crippen molar-refractivity contribution in [3.05, 3.63) is 62.6 Å². The van der Waals surface area contributed by atoms with Gasteiger partial charge in [0.15, 0.2) is 0 Å². The number of nitrogens with zero attached hydrogens (tertiary/aromatic N) is 2. The second kappa shape index (κ2) is 5.92. The molecule has 0 saturated carbocycles. The number of aromatic hydroxyl groups is 1. The van der Waals surface area contributed by atoms with Gasteiger partial charge in [-0.25, -0.2) is 0 Å². The van der Waals surface area contributed by atoms with Gasteiger partial charge in [-0.3, -0.25) is 14.9 Å². The number of anilines is 1. The fraction of sp³-hybridized carbons (Fsp3) is 0.0714. The molecule has 0 spiro atoms. The SMILES string of the molecule is CN(C(=O)c1ccc(Br)c([N+](=O)[O-])c1)c1ccc(O)cc1. The van der Waals surface area contributed by atoms with Crippen molar-refractivity contribution in [3.8, 4) is 5.75 Å². The van der Waals surface area contributed by atoms with Gasteiger partial charge >= 0.3 is 0 Å². The van der Waals surface area contributed by atoms with Crippen molar-refractivity contribution in [1.82, 2.24) is 0 Å². The minimum absolute atomic E-state index is 0.0962. The predicted octanol–water partition coefficient (Wildman–Crippen LogP) is 3.34. The number of benzene rings is 2. The molecular weight excluding hydrogens is 340 g/mol. The van der Waals surface area contributed by atoms with Gasteiger partial charge in [0.05, 0.1) is 9.40 Å². The number of hydrogen-bond acceptors (Lipinski definition) is 4. The summed E-state index contributed by atoms with van der Waals surface area (Å²) < 4.78 is 0.316. The summed E-state index contributed by atoms with van der Waals surface area (Å²) in [5, 5.41) is 20.1. The number of nitro groups is 1. The first kappa shape index (κ1) is 15.0. The van der Waals surface area contributed by atoms with Crippen LogP contribution in [-0.2, 0) is 0 Å². The third-order valence-corrected chi connectivity index (χ3v) is 3.60. The quantitative estimate of drug-likeness (QED) is 0.679. The van der Waals surface area contributed by atoms with Crippen LogP contribution in [0.4, 0.5) is 11.4 Å². The van der Waals surface area contributed by atoms with Gasteiger partial charge in [-0.1, -0.05) is 0 Å². The lowest BCUT2D eigenvalue weighted by Crippen LogP contribution is -2.26. The highest BCUT2D eigenvalue weighted by Gasteiger charge is 2.19. The highest BCUT2D eigenvalue weighted by atomic mass is 79.9. The maximum Gasteiger partial charge on any atom is 0.284 e. The van der Waals surface area contributed by atoms with Crippen LogP contribution in [0.5, 0.6) is 5.75 Å². The summed E-state index contributed by atoms with van der Waals surface area (Å²) >= 11 is 3.08. The average molecular weight is 351 g/mol. The van der Waals surface area contributed by atoms with E-state index in [-0.39, 0.29) is 22.9 Å². The summed E-state index contributed by atoms with van der Waals surface area (Å²) in [4.78, 5) is 24.0. The molecule has 0 atom stereocenters. The Morgan fingerprint density at radius 3 is 2.43 bits per heavy atom. The van der Waals surface area contributed by atoms with Gasteiger partial charge in [0.25, 0.3) is 11.6 Å². The Balaban J connectivity index is 2.33. The minimum atomic E-state index is -0.554. The molecule has 2 aromatic rings. The van der Waals surface area contributed by atoms with Gasteiger partial charge in [-0.2, -0.15) is 0 Å². The van der Waals surface area contributed by atoms with Crippen molar-refractivity contribution in [2.24, 2.45) is 0 Å². The molecule has 21 heavy (non-hydrogen) atoms. The molecule has 0 unspecified atom stereocenters. The van der Waals surface area contributed by atoms with Crippen LogP contribution in [0.2, 0.25) is 0 Å². The van der Waals surface area contributed by atoms with Crippen molar-refractivity contribution in [1.29, 1.82) is 0 Å². The van der Waals surface area contributed by atoms with Gasteiger partial charge in [0.1, 0.15) is 5.75 Å². The maximum atomic E-state index is 12.3. The van der Waals surface area contributed by atoms with Crippen LogP contribution in [-0.4, -0.2) is 23.0 Å². The lowest BCUT2D eigenvalue weighted by molar-refractivity contribution is -0.385. The smallest absolute Gasteiger partial charge is 0.284 e. The van der Waals surface area contributed by atoms with Crippen LogP contribution in [0, 0.1) is 10.1 Å². The molecule has 0 radical (unpaired) electrons. The Morgan fingerprint density at radius 2 is 1.86 bits per heavy atom. The summed E-state index contributed by atoms with van der Waals surface area (Å²) in [7, 11) is 1.56. The van der Waals surface area contributed by atoms with E-state index >= 15 is 0 Å². The van der Waals surface area contributed by atoms with E-state index in [9.17, 15) is 20.0 Å². The number of hydrogen-bond donors (Lipinski definition) is 1. The lowest BCUT2D eigenvalue weighted by Gasteiger charge is -2.17. The molecule has 0 aliphatic heterocycles. The standard InChI is InChI=1S/C14H11BrN2O4/c1-16(10-3-5-11(18)6-4-10)14(19)9-2-7-12(15)13(8-9)17(20)21/h2-8,18H,1H3. The summed E-state index contributed by atoms with van der Waals surface area (Å²) in [6.07, 6.45) is 0. The normalized spacial score (nSPS) is 10.2. The van der Waals surface area contributed by atoms with E-state index < -0.39 is 4.92 Å². The Morgan fingerprint density at radius 1 is 1.24 bits per heavy atom. The van der Waals surface area contributed by atoms with E-state index in [1.165, 1.54) is 35.2 Å². The molecule has 0 fully saturated rings. The van der Waals surface area contributed by atoms with Gasteiger partial charge in [-0.15, -0.1) is 0 Å². The van der Waals surface area contributed by atoms with Gasteiger partial charge in [0.2, 0.25) is 0 Å². The number of phenols is 1. The molecule has 1 amide bonds. The third kappa shape index (κ3) is 3.19. The van der Waals surface area contributed by atoms with E-state index in [2.05, 4.69) is 15.9 Å². The largest absolute Gasteiger partial charge is 0.508 e. The maximum absolute atomic E-state index is 12.3. The zero-order valence-corrected chi connectivity index (χ0v) is 12.6. The molecule has 108 valence electrons. The third-order valence-electron chi connectivity index (χ3n) is 2.93. The van der Waals surface area contributed by atoms with Crippen LogP contribution in [0.1, 0.15) is 10.4 Å². The summed E-state index contributed by atoms with van der Waals surface area (Å²) in [5.41, 5.74) is 0.615. The Kier molecular flexibility index (Phi) is 4.23. The molecule has 1 N–H and O–H groups in total. The minimum Gasteiger partial charge on any atom is -0.508 e. The Labute approximate surface area is 128 Å². The van der Waals surface area contributed by atoms with Crippen molar-refractivity contribution < 1.29 is 14.8 Å². The van der Waals surface area contributed by atoms with Gasteiger partial charge in [-0.05, 0) is 52.3 Å². The number of nitro benzene ring substituents is 1. The van der Waals surface area contributed by atoms with Crippen LogP contribution in [0.3, 0.4) is 0 Å². The molecule has 0 heterocycles. The number of amides is 1. The fourth-order valence-corrected chi connectivity index (χ4v) is 2.16. The summed E-state index contributed by atoms with van der Waals surface area (Å²) in [6.45, 7) is 0. The van der Waals surface area contributed by atoms with Gasteiger partial charge in [0, 0.05) is 24.4 Å². The van der Waals surface area contributed by atoms with Gasteiger partial charge < -0.3 is 10.0 Å². The van der Waals surface area contributed by atoms with Crippen LogP contribution in [0.15, 0.2) is 46.9 Å². The van der Waals surface area contributed by atoms with E-state index in [1.54, 1.807) is 19.2 Å². The van der Waals surface area contributed by atoms with Crippen molar-refractivity contribution in [2.75, 3.05) is 11.9 Å². The molecule has 0 aliphatic carbocycles. The number of phenolic OH excluding ortho intramolecular Hbond substituents is 1. The zero-order valence-electron chi connectivity index (χ0n) is 11.0. The first-order valence-electron chi connectivity index (χ1n) is 5.91. The average Bonchev–Trinajstić information content (AvgIpc) is 2.46. The lowest BCUT2D eigenvalue weighted by atomic mass is 10.1. The fourth-order valence-electron chi connectivity index (χ4n) is 1.77. The Hall–Kier alpha value is -2.41. The van der Waals surface area contributed by atoms with E-state index in [0.717, 1.165) is 0 Å². The summed E-state index contributed by atoms with van der Waals surface area (Å²) in [5.74, 6) is -0.282. The predicted molar refractivity (Wildman–Crippen MR) is 81.6 cm³/mol. The molecule has 0 bridgehead atoms. The van der Waals surface area contributed by atoms with Crippen molar-refractivity contribution in [3.63, 3.8) is 0 Å². The topological polar surface area (TPSA) is 83.7 Å². The second-order valence-electron chi connectivity index (χ2n) is 4.30. The first-order valence-corrected chi connectivity index (χ1v) is 6.70. The zero-order chi connectivity index (χ0) is 15.6. The van der Waals surface area contributed by atoms with E-state index in [0.29, 0.717) is 10.2 Å². The highest BCUT2D eigenvalue weighted by Crippen LogP contribution is 2.27. The summed E-state index contributed by atoms with van der Waals surface area (Å²) in [6, 6.07) is 10.3. The molecule has 0 saturated heterocycles. The number of rotatable bonds is 3. The van der Waals surface area contributed by atoms with Crippen molar-refractivity contribution >= 4 is 33.2 Å². The number of carbonyl (C=O) groups is 1. The monoisotopic (exact) mass is 350 g/mol. The molecular formula is C14H11BrN2O4. The van der Waals surface area contributed by atoms with Crippen LogP contribution in [0.25, 0.3) is 0 Å². The molecule has 0 aliphatic rings. The van der Waals surface area contributed by atoms with Crippen LogP contribution >= 0.6 is 15.9 Å². The molecule has 0 aromatic heterocycles. The number of halogens is 1. The highest BCUT2D eigenvalue weighted by molar-refractivity contribution is 9.10. The molecule has 6 nitrogen and oxygen atoms in total. The number of carbonyl (C=O) groups excluding carboxylic acids is 1.